The molecule has 0 bridgehead atoms. The Morgan fingerprint density at radius 3 is 2.94 bits per heavy atom. The molecule has 0 aliphatic rings. The van der Waals surface area contributed by atoms with Gasteiger partial charge in [0.05, 0.1) is 11.2 Å². The molecule has 0 fully saturated rings. The van der Waals surface area contributed by atoms with Crippen LogP contribution in [0.25, 0.3) is 0 Å². The molecule has 4 nitrogen and oxygen atoms in total. The largest absolute Gasteiger partial charge is 0.369 e. The lowest BCUT2D eigenvalue weighted by Gasteiger charge is -2.07. The van der Waals surface area contributed by atoms with Gasteiger partial charge in [-0.25, -0.2) is 4.98 Å². The van der Waals surface area contributed by atoms with Crippen molar-refractivity contribution < 1.29 is 0 Å². The van der Waals surface area contributed by atoms with Crippen LogP contribution in [0.3, 0.4) is 0 Å². The van der Waals surface area contributed by atoms with Crippen molar-refractivity contribution in [1.29, 1.82) is 0 Å². The lowest BCUT2D eigenvalue weighted by molar-refractivity contribution is 0.853. The first-order chi connectivity index (χ1) is 8.66. The van der Waals surface area contributed by atoms with E-state index in [1.54, 1.807) is 6.20 Å². The molecule has 0 aromatic carbocycles. The number of nitrogens with zero attached hydrogens (tertiary/aromatic N) is 2. The third kappa shape index (κ3) is 3.46. The maximum atomic E-state index is 6.06. The van der Waals surface area contributed by atoms with Crippen LogP contribution < -0.4 is 5.32 Å². The fourth-order valence-corrected chi connectivity index (χ4v) is 2.35. The number of nitrogens with one attached hydrogen (secondary N) is 2. The number of halogens is 2. The van der Waals surface area contributed by atoms with Gasteiger partial charge in [-0.1, -0.05) is 11.6 Å². The van der Waals surface area contributed by atoms with Gasteiger partial charge in [0, 0.05) is 22.9 Å². The average Bonchev–Trinajstić information content (AvgIpc) is 2.73. The fourth-order valence-electron chi connectivity index (χ4n) is 1.66. The SMILES string of the molecule is Cc1[nH]ncc1CCCNc1ncc(Br)cc1Cl. The minimum absolute atomic E-state index is 0.629. The molecule has 18 heavy (non-hydrogen) atoms. The fraction of sp³-hybridized carbons (Fsp3) is 0.333. The van der Waals surface area contributed by atoms with E-state index in [0.717, 1.165) is 35.4 Å². The molecule has 0 atom stereocenters. The summed E-state index contributed by atoms with van der Waals surface area (Å²) in [6.45, 7) is 2.86. The Bertz CT molecular complexity index is 527. The summed E-state index contributed by atoms with van der Waals surface area (Å²) in [5.74, 6) is 0.726. The summed E-state index contributed by atoms with van der Waals surface area (Å²) in [7, 11) is 0. The molecule has 0 saturated carbocycles. The predicted molar refractivity (Wildman–Crippen MR) is 77.1 cm³/mol. The zero-order chi connectivity index (χ0) is 13.0. The van der Waals surface area contributed by atoms with Crippen molar-refractivity contribution in [2.24, 2.45) is 0 Å². The molecule has 2 N–H and O–H groups in total. The van der Waals surface area contributed by atoms with E-state index in [9.17, 15) is 0 Å². The standard InChI is InChI=1S/C12H14BrClN4/c1-8-9(6-17-18-8)3-2-4-15-12-11(14)5-10(13)7-16-12/h5-7H,2-4H2,1H3,(H,15,16)(H,17,18). The molecule has 0 saturated heterocycles. The first-order valence-corrected chi connectivity index (χ1v) is 6.87. The van der Waals surface area contributed by atoms with Crippen LogP contribution in [0.15, 0.2) is 22.9 Å². The summed E-state index contributed by atoms with van der Waals surface area (Å²) >= 11 is 9.39. The Morgan fingerprint density at radius 1 is 1.44 bits per heavy atom. The van der Waals surface area contributed by atoms with E-state index in [4.69, 9.17) is 11.6 Å². The second-order valence-corrected chi connectivity index (χ2v) is 5.36. The van der Waals surface area contributed by atoms with Gasteiger partial charge in [-0.2, -0.15) is 5.10 Å². The summed E-state index contributed by atoms with van der Waals surface area (Å²) < 4.78 is 0.882. The topological polar surface area (TPSA) is 53.6 Å². The van der Waals surface area contributed by atoms with Gasteiger partial charge in [-0.05, 0) is 47.3 Å². The number of aromatic amines is 1. The molecule has 0 spiro atoms. The number of hydrogen-bond donors (Lipinski definition) is 2. The number of pyridine rings is 1. The van der Waals surface area contributed by atoms with E-state index in [0.29, 0.717) is 5.02 Å². The summed E-state index contributed by atoms with van der Waals surface area (Å²) in [4.78, 5) is 4.22. The van der Waals surface area contributed by atoms with Crippen LogP contribution in [-0.4, -0.2) is 21.7 Å². The normalized spacial score (nSPS) is 10.6. The first-order valence-electron chi connectivity index (χ1n) is 5.70. The van der Waals surface area contributed by atoms with Crippen LogP contribution in [0.1, 0.15) is 17.7 Å². The van der Waals surface area contributed by atoms with Crippen molar-refractivity contribution in [3.8, 4) is 0 Å². The van der Waals surface area contributed by atoms with E-state index in [1.807, 2.05) is 19.2 Å². The minimum atomic E-state index is 0.629. The zero-order valence-electron chi connectivity index (χ0n) is 10.0. The van der Waals surface area contributed by atoms with E-state index >= 15 is 0 Å². The Hall–Kier alpha value is -1.07. The van der Waals surface area contributed by atoms with E-state index in [2.05, 4.69) is 36.4 Å². The van der Waals surface area contributed by atoms with Gasteiger partial charge in [0.25, 0.3) is 0 Å². The summed E-state index contributed by atoms with van der Waals surface area (Å²) in [5.41, 5.74) is 2.39. The summed E-state index contributed by atoms with van der Waals surface area (Å²) in [6, 6.07) is 1.83. The van der Waals surface area contributed by atoms with Crippen molar-refractivity contribution in [2.45, 2.75) is 19.8 Å². The Kier molecular flexibility index (Phi) is 4.60. The molecule has 2 heterocycles. The van der Waals surface area contributed by atoms with Crippen molar-refractivity contribution in [3.63, 3.8) is 0 Å². The summed E-state index contributed by atoms with van der Waals surface area (Å²) in [5, 5.41) is 10.8. The lowest BCUT2D eigenvalue weighted by Crippen LogP contribution is -2.05. The number of aromatic nitrogens is 3. The molecule has 2 aromatic rings. The number of aryl methyl sites for hydroxylation is 2. The van der Waals surface area contributed by atoms with Crippen molar-refractivity contribution in [1.82, 2.24) is 15.2 Å². The molecular formula is C12H14BrClN4. The van der Waals surface area contributed by atoms with Gasteiger partial charge < -0.3 is 5.32 Å². The minimum Gasteiger partial charge on any atom is -0.369 e. The molecule has 0 aliphatic carbocycles. The number of H-pyrrole nitrogens is 1. The maximum Gasteiger partial charge on any atom is 0.144 e. The number of rotatable bonds is 5. The lowest BCUT2D eigenvalue weighted by atomic mass is 10.1. The Morgan fingerprint density at radius 2 is 2.28 bits per heavy atom. The van der Waals surface area contributed by atoms with Crippen molar-refractivity contribution >= 4 is 33.3 Å². The molecule has 6 heteroatoms. The molecule has 2 aromatic heterocycles. The van der Waals surface area contributed by atoms with Crippen LogP contribution in [-0.2, 0) is 6.42 Å². The van der Waals surface area contributed by atoms with E-state index < -0.39 is 0 Å². The predicted octanol–water partition coefficient (Wildman–Crippen LogP) is 3.57. The van der Waals surface area contributed by atoms with Gasteiger partial charge in [0.15, 0.2) is 0 Å². The van der Waals surface area contributed by atoms with Gasteiger partial charge in [-0.3, -0.25) is 5.10 Å². The third-order valence-corrected chi connectivity index (χ3v) is 3.38. The average molecular weight is 330 g/mol. The summed E-state index contributed by atoms with van der Waals surface area (Å²) in [6.07, 6.45) is 5.60. The molecule has 0 radical (unpaired) electrons. The van der Waals surface area contributed by atoms with Gasteiger partial charge in [0.1, 0.15) is 5.82 Å². The van der Waals surface area contributed by atoms with E-state index in [-0.39, 0.29) is 0 Å². The third-order valence-electron chi connectivity index (χ3n) is 2.66. The smallest absolute Gasteiger partial charge is 0.144 e. The van der Waals surface area contributed by atoms with Crippen molar-refractivity contribution in [3.05, 3.63) is 39.2 Å². The number of anilines is 1. The molecule has 0 amide bonds. The Balaban J connectivity index is 1.80. The van der Waals surface area contributed by atoms with Gasteiger partial charge >= 0.3 is 0 Å². The highest BCUT2D eigenvalue weighted by Gasteiger charge is 2.03. The van der Waals surface area contributed by atoms with Crippen molar-refractivity contribution in [2.75, 3.05) is 11.9 Å². The maximum absolute atomic E-state index is 6.06. The van der Waals surface area contributed by atoms with Crippen LogP contribution in [0, 0.1) is 6.92 Å². The zero-order valence-corrected chi connectivity index (χ0v) is 12.3. The second-order valence-electron chi connectivity index (χ2n) is 4.03. The highest BCUT2D eigenvalue weighted by Crippen LogP contribution is 2.22. The monoisotopic (exact) mass is 328 g/mol. The van der Waals surface area contributed by atoms with Crippen LogP contribution >= 0.6 is 27.5 Å². The first kappa shape index (κ1) is 13.4. The molecule has 2 rings (SSSR count). The number of hydrogen-bond acceptors (Lipinski definition) is 3. The van der Waals surface area contributed by atoms with Crippen LogP contribution in [0.4, 0.5) is 5.82 Å². The molecule has 0 aliphatic heterocycles. The molecule has 0 unspecified atom stereocenters. The van der Waals surface area contributed by atoms with Crippen LogP contribution in [0.5, 0.6) is 0 Å². The highest BCUT2D eigenvalue weighted by molar-refractivity contribution is 9.10. The molecular weight excluding hydrogens is 316 g/mol. The van der Waals surface area contributed by atoms with Gasteiger partial charge in [0.2, 0.25) is 0 Å². The van der Waals surface area contributed by atoms with E-state index in [1.165, 1.54) is 5.56 Å². The highest BCUT2D eigenvalue weighted by atomic mass is 79.9. The van der Waals surface area contributed by atoms with Crippen LogP contribution in [0.2, 0.25) is 5.02 Å². The second kappa shape index (κ2) is 6.20. The van der Waals surface area contributed by atoms with Gasteiger partial charge in [-0.15, -0.1) is 0 Å². The quantitative estimate of drug-likeness (QED) is 0.825. The molecule has 96 valence electrons. The Labute approximate surface area is 119 Å².